The van der Waals surface area contributed by atoms with Gasteiger partial charge in [-0.05, 0) is 24.8 Å². The summed E-state index contributed by atoms with van der Waals surface area (Å²) in [5, 5.41) is 2.77. The van der Waals surface area contributed by atoms with Gasteiger partial charge in [0.05, 0.1) is 12.0 Å². The van der Waals surface area contributed by atoms with Crippen molar-refractivity contribution in [2.45, 2.75) is 46.1 Å². The van der Waals surface area contributed by atoms with Gasteiger partial charge in [0.25, 0.3) is 5.56 Å². The summed E-state index contributed by atoms with van der Waals surface area (Å²) in [7, 11) is -3.40. The molecule has 1 atom stereocenters. The monoisotopic (exact) mass is 481 g/mol. The maximum absolute atomic E-state index is 12.3. The van der Waals surface area contributed by atoms with Gasteiger partial charge in [-0.3, -0.25) is 19.1 Å². The van der Waals surface area contributed by atoms with Crippen LogP contribution in [0.25, 0.3) is 17.4 Å². The van der Waals surface area contributed by atoms with Crippen LogP contribution < -0.4 is 16.4 Å². The highest BCUT2D eigenvalue weighted by Gasteiger charge is 2.61. The minimum atomic E-state index is -3.40. The van der Waals surface area contributed by atoms with Gasteiger partial charge in [0, 0.05) is 6.20 Å². The number of nitrogen functional groups attached to an aromatic ring is 1. The molecule has 0 unspecified atom stereocenters. The average Bonchev–Trinajstić information content (AvgIpc) is 3.29. The van der Waals surface area contributed by atoms with E-state index in [1.54, 1.807) is 11.5 Å². The van der Waals surface area contributed by atoms with Crippen LogP contribution in [0.15, 0.2) is 16.7 Å². The Balaban J connectivity index is 1.35. The summed E-state index contributed by atoms with van der Waals surface area (Å²) in [5.41, 5.74) is 6.42. The number of nitrogens with one attached hydrogen (secondary N) is 2. The van der Waals surface area contributed by atoms with Crippen molar-refractivity contribution < 1.29 is 23.5 Å². The summed E-state index contributed by atoms with van der Waals surface area (Å²) in [6.07, 6.45) is 5.87. The molecule has 2 fully saturated rings. The molecular formula is C20H30N6O6P+. The third-order valence-corrected chi connectivity index (χ3v) is 7.86. The van der Waals surface area contributed by atoms with E-state index in [1.165, 1.54) is 6.33 Å². The van der Waals surface area contributed by atoms with Gasteiger partial charge in [-0.2, -0.15) is 18.9 Å². The maximum atomic E-state index is 12.3. The van der Waals surface area contributed by atoms with Gasteiger partial charge in [-0.1, -0.05) is 26.7 Å². The number of esters is 1. The van der Waals surface area contributed by atoms with Crippen molar-refractivity contribution in [3.63, 3.8) is 0 Å². The van der Waals surface area contributed by atoms with E-state index in [4.69, 9.17) is 19.5 Å². The van der Waals surface area contributed by atoms with Crippen LogP contribution in [0.5, 0.6) is 0 Å². The number of H-pyrrole nitrogens is 1. The number of anilines is 1. The maximum Gasteiger partial charge on any atom is 0.499 e. The first kappa shape index (κ1) is 23.8. The zero-order valence-corrected chi connectivity index (χ0v) is 19.8. The van der Waals surface area contributed by atoms with E-state index in [1.807, 2.05) is 6.20 Å². The lowest BCUT2D eigenvalue weighted by molar-refractivity contribution is -0.147. The Labute approximate surface area is 191 Å². The SMILES string of the molecule is CCC(CC)COC(=O)[C@H](C)N[P+]1(O)OCC2(CO1)C/C2=C/n1cnc2c(=O)[nH]c(N)nc21. The van der Waals surface area contributed by atoms with Crippen molar-refractivity contribution in [2.24, 2.45) is 11.3 Å². The second-order valence-corrected chi connectivity index (χ2v) is 10.4. The van der Waals surface area contributed by atoms with Crippen molar-refractivity contribution in [3.05, 3.63) is 22.3 Å². The Morgan fingerprint density at radius 3 is 2.82 bits per heavy atom. The fourth-order valence-corrected chi connectivity index (χ4v) is 5.38. The van der Waals surface area contributed by atoms with Crippen LogP contribution in [0.4, 0.5) is 5.95 Å². The van der Waals surface area contributed by atoms with Gasteiger partial charge in [0.1, 0.15) is 25.6 Å². The van der Waals surface area contributed by atoms with Crippen LogP contribution in [-0.2, 0) is 18.6 Å². The number of ether oxygens (including phenoxy) is 1. The fourth-order valence-electron chi connectivity index (χ4n) is 3.72. The molecule has 3 heterocycles. The first-order valence-corrected chi connectivity index (χ1v) is 12.5. The van der Waals surface area contributed by atoms with Gasteiger partial charge in [0.2, 0.25) is 5.95 Å². The zero-order valence-electron chi connectivity index (χ0n) is 18.9. The molecule has 0 radical (unpaired) electrons. The fraction of sp³-hybridized carbons (Fsp3) is 0.600. The lowest BCUT2D eigenvalue weighted by atomic mass is 10.1. The third kappa shape index (κ3) is 4.95. The van der Waals surface area contributed by atoms with E-state index in [-0.39, 0.29) is 30.1 Å². The number of carbonyl (C=O) groups is 1. The Hall–Kier alpha value is -2.37. The number of rotatable bonds is 8. The van der Waals surface area contributed by atoms with E-state index >= 15 is 0 Å². The van der Waals surface area contributed by atoms with Gasteiger partial charge in [0.15, 0.2) is 11.2 Å². The highest BCUT2D eigenvalue weighted by molar-refractivity contribution is 7.58. The molecule has 1 spiro atoms. The summed E-state index contributed by atoms with van der Waals surface area (Å²) in [6, 6.07) is -0.770. The normalized spacial score (nSPS) is 26.9. The first-order chi connectivity index (χ1) is 15.7. The average molecular weight is 481 g/mol. The Morgan fingerprint density at radius 2 is 2.15 bits per heavy atom. The van der Waals surface area contributed by atoms with Crippen molar-refractivity contribution in [2.75, 3.05) is 25.6 Å². The molecule has 2 aromatic rings. The molecular weight excluding hydrogens is 451 g/mol. The van der Waals surface area contributed by atoms with Gasteiger partial charge < -0.3 is 10.5 Å². The number of hydrogen-bond acceptors (Lipinski definition) is 10. The van der Waals surface area contributed by atoms with Crippen LogP contribution in [-0.4, -0.2) is 56.2 Å². The highest BCUT2D eigenvalue weighted by Crippen LogP contribution is 2.65. The highest BCUT2D eigenvalue weighted by atomic mass is 31.2. The van der Waals surface area contributed by atoms with Crippen molar-refractivity contribution in [3.8, 4) is 0 Å². The van der Waals surface area contributed by atoms with Crippen molar-refractivity contribution >= 4 is 37.4 Å². The molecule has 180 valence electrons. The smallest absolute Gasteiger partial charge is 0.464 e. The molecule has 1 saturated carbocycles. The molecule has 13 heteroatoms. The summed E-state index contributed by atoms with van der Waals surface area (Å²) in [5.74, 6) is -0.127. The number of imidazole rings is 1. The molecule has 33 heavy (non-hydrogen) atoms. The number of nitrogens with zero attached hydrogens (tertiary/aromatic N) is 3. The number of nitrogens with two attached hydrogens (primary N) is 1. The second kappa shape index (κ2) is 9.11. The largest absolute Gasteiger partial charge is 0.499 e. The van der Waals surface area contributed by atoms with E-state index < -0.39 is 25.7 Å². The lowest BCUT2D eigenvalue weighted by Gasteiger charge is -2.27. The van der Waals surface area contributed by atoms with E-state index in [0.29, 0.717) is 24.6 Å². The van der Waals surface area contributed by atoms with Gasteiger partial charge in [-0.15, -0.1) is 5.09 Å². The summed E-state index contributed by atoms with van der Waals surface area (Å²) >= 11 is 0. The number of carbonyl (C=O) groups excluding carboxylic acids is 1. The van der Waals surface area contributed by atoms with Gasteiger partial charge in [-0.25, -0.2) is 4.98 Å². The molecule has 1 saturated heterocycles. The molecule has 1 aliphatic carbocycles. The number of hydrogen-bond donors (Lipinski definition) is 4. The molecule has 0 amide bonds. The van der Waals surface area contributed by atoms with Crippen LogP contribution >= 0.6 is 8.09 Å². The Bertz CT molecular complexity index is 1120. The summed E-state index contributed by atoms with van der Waals surface area (Å²) in [6.45, 7) is 6.53. The van der Waals surface area contributed by atoms with Crippen LogP contribution in [0.1, 0.15) is 40.0 Å². The molecule has 2 aliphatic rings. The van der Waals surface area contributed by atoms with Crippen molar-refractivity contribution in [1.29, 1.82) is 0 Å². The predicted octanol–water partition coefficient (Wildman–Crippen LogP) is 1.61. The lowest BCUT2D eigenvalue weighted by Crippen LogP contribution is -2.40. The minimum Gasteiger partial charge on any atom is -0.464 e. The van der Waals surface area contributed by atoms with Crippen LogP contribution in [0.3, 0.4) is 0 Å². The summed E-state index contributed by atoms with van der Waals surface area (Å²) in [4.78, 5) is 45.6. The summed E-state index contributed by atoms with van der Waals surface area (Å²) < 4.78 is 18.3. The molecule has 4 rings (SSSR count). The molecule has 0 bridgehead atoms. The van der Waals surface area contributed by atoms with Crippen LogP contribution in [0, 0.1) is 11.3 Å². The molecule has 5 N–H and O–H groups in total. The Kier molecular flexibility index (Phi) is 6.56. The van der Waals surface area contributed by atoms with E-state index in [0.717, 1.165) is 18.4 Å². The molecule has 12 nitrogen and oxygen atoms in total. The molecule has 2 aromatic heterocycles. The number of aromatic nitrogens is 4. The first-order valence-electron chi connectivity index (χ1n) is 11.0. The van der Waals surface area contributed by atoms with Gasteiger partial charge >= 0.3 is 14.1 Å². The number of aromatic amines is 1. The molecule has 0 aromatic carbocycles. The van der Waals surface area contributed by atoms with E-state index in [9.17, 15) is 14.5 Å². The standard InChI is InChI=1S/C20H29N6O6P/c1-4-13(5-2)8-30-18(28)12(3)25-33(29)31-9-20(10-32-33)6-14(20)7-26-11-22-15-16(26)23-19(21)24-17(15)27/h7,11-13,25,29H,4-6,8-10H2,1-3H3,(H2-,21,23,24,27)/p+1/b14-7-/t12-,20?,33?/m0/s1. The third-order valence-electron chi connectivity index (χ3n) is 6.19. The molecule has 1 aliphatic heterocycles. The zero-order chi connectivity index (χ0) is 23.8. The predicted molar refractivity (Wildman–Crippen MR) is 123 cm³/mol. The number of fused-ring (bicyclic) bond motifs is 1. The topological polar surface area (TPSA) is 167 Å². The minimum absolute atomic E-state index is 0.0102. The second-order valence-electron chi connectivity index (χ2n) is 8.62. The van der Waals surface area contributed by atoms with Crippen LogP contribution in [0.2, 0.25) is 0 Å². The Morgan fingerprint density at radius 1 is 1.45 bits per heavy atom. The van der Waals surface area contributed by atoms with Crippen molar-refractivity contribution in [1.82, 2.24) is 24.6 Å². The quantitative estimate of drug-likeness (QED) is 0.321. The van der Waals surface area contributed by atoms with E-state index in [2.05, 4.69) is 33.9 Å².